The molecule has 6 heteroatoms. The minimum absolute atomic E-state index is 0.0663. The normalized spacial score (nSPS) is 12.0. The summed E-state index contributed by atoms with van der Waals surface area (Å²) >= 11 is 0. The lowest BCUT2D eigenvalue weighted by molar-refractivity contribution is -0.167. The van der Waals surface area contributed by atoms with Crippen LogP contribution in [-0.4, -0.2) is 37.2 Å². The molecule has 0 aliphatic heterocycles. The first-order chi connectivity index (χ1) is 33.0. The van der Waals surface area contributed by atoms with Gasteiger partial charge in [0, 0.05) is 19.3 Å². The molecule has 0 aliphatic carbocycles. The van der Waals surface area contributed by atoms with Crippen LogP contribution in [0.5, 0.6) is 0 Å². The van der Waals surface area contributed by atoms with E-state index in [9.17, 15) is 14.4 Å². The van der Waals surface area contributed by atoms with Crippen LogP contribution in [-0.2, 0) is 28.6 Å². The van der Waals surface area contributed by atoms with Crippen molar-refractivity contribution in [2.45, 2.75) is 348 Å². The van der Waals surface area contributed by atoms with Crippen molar-refractivity contribution in [1.82, 2.24) is 0 Å². The molecular formula is C61H116O6. The predicted octanol–water partition coefficient (Wildman–Crippen LogP) is 20.1. The fraction of sp³-hybridized carbons (Fsp3) is 0.918. The van der Waals surface area contributed by atoms with Gasteiger partial charge in [0.2, 0.25) is 0 Å². The summed E-state index contributed by atoms with van der Waals surface area (Å²) in [6.07, 6.45) is 64.9. The van der Waals surface area contributed by atoms with Crippen LogP contribution in [0.2, 0.25) is 0 Å². The first-order valence-corrected chi connectivity index (χ1v) is 30.2. The second-order valence-corrected chi connectivity index (χ2v) is 20.6. The summed E-state index contributed by atoms with van der Waals surface area (Å²) in [5.74, 6) is -0.848. The highest BCUT2D eigenvalue weighted by Gasteiger charge is 2.19. The molecule has 0 aromatic rings. The van der Waals surface area contributed by atoms with Gasteiger partial charge in [-0.05, 0) is 44.9 Å². The smallest absolute Gasteiger partial charge is 0.306 e. The van der Waals surface area contributed by atoms with Crippen molar-refractivity contribution >= 4 is 17.9 Å². The molecule has 1 atom stereocenters. The van der Waals surface area contributed by atoms with Crippen LogP contribution in [0.1, 0.15) is 342 Å². The van der Waals surface area contributed by atoms with Crippen molar-refractivity contribution in [3.63, 3.8) is 0 Å². The van der Waals surface area contributed by atoms with Crippen molar-refractivity contribution in [1.29, 1.82) is 0 Å². The third-order valence-electron chi connectivity index (χ3n) is 13.8. The lowest BCUT2D eigenvalue weighted by Crippen LogP contribution is -2.30. The van der Waals surface area contributed by atoms with Crippen LogP contribution in [0, 0.1) is 0 Å². The largest absolute Gasteiger partial charge is 0.462 e. The minimum Gasteiger partial charge on any atom is -0.462 e. The standard InChI is InChI=1S/C61H116O6/c1-4-7-10-13-16-19-22-25-27-29-30-32-33-36-39-42-45-48-51-54-60(63)66-57-58(56-65-59(62)53-50-47-44-41-38-35-24-21-18-15-12-9-6-3)67-61(64)55-52-49-46-43-40-37-34-31-28-26-23-20-17-14-11-8-5-2/h21,24,58H,4-20,22-23,25-57H2,1-3H3/b24-21-/t58-/m1/s1. The van der Waals surface area contributed by atoms with E-state index in [1.54, 1.807) is 0 Å². The summed E-state index contributed by atoms with van der Waals surface area (Å²) in [7, 11) is 0. The highest BCUT2D eigenvalue weighted by atomic mass is 16.6. The highest BCUT2D eigenvalue weighted by molar-refractivity contribution is 5.71. The molecule has 0 rings (SSSR count). The zero-order valence-corrected chi connectivity index (χ0v) is 45.5. The molecule has 67 heavy (non-hydrogen) atoms. The fourth-order valence-electron chi connectivity index (χ4n) is 9.21. The number of hydrogen-bond donors (Lipinski definition) is 0. The van der Waals surface area contributed by atoms with Gasteiger partial charge in [0.1, 0.15) is 13.2 Å². The molecule has 0 saturated carbocycles. The zero-order chi connectivity index (χ0) is 48.6. The van der Waals surface area contributed by atoms with Crippen molar-refractivity contribution in [3.05, 3.63) is 12.2 Å². The lowest BCUT2D eigenvalue weighted by atomic mass is 10.0. The van der Waals surface area contributed by atoms with Gasteiger partial charge in [0.05, 0.1) is 0 Å². The van der Waals surface area contributed by atoms with E-state index in [0.717, 1.165) is 64.2 Å². The highest BCUT2D eigenvalue weighted by Crippen LogP contribution is 2.18. The molecule has 0 saturated heterocycles. The average molecular weight is 946 g/mol. The summed E-state index contributed by atoms with van der Waals surface area (Å²) in [4.78, 5) is 38.2. The van der Waals surface area contributed by atoms with Gasteiger partial charge < -0.3 is 14.2 Å². The number of esters is 3. The summed E-state index contributed by atoms with van der Waals surface area (Å²) in [5.41, 5.74) is 0. The molecule has 0 radical (unpaired) electrons. The van der Waals surface area contributed by atoms with Crippen LogP contribution >= 0.6 is 0 Å². The van der Waals surface area contributed by atoms with Gasteiger partial charge in [-0.15, -0.1) is 0 Å². The first-order valence-electron chi connectivity index (χ1n) is 30.2. The van der Waals surface area contributed by atoms with Gasteiger partial charge in [-0.25, -0.2) is 0 Å². The molecular weight excluding hydrogens is 829 g/mol. The second kappa shape index (κ2) is 56.7. The molecule has 0 spiro atoms. The SMILES string of the molecule is CCCCCC/C=C\CCCCCCCC(=O)OC[C@H](COC(=O)CCCCCCCCCCCCCCCCCCCCC)OC(=O)CCCCCCCCCCCCCCCCCCC. The molecule has 0 aromatic carbocycles. The van der Waals surface area contributed by atoms with Crippen LogP contribution in [0.3, 0.4) is 0 Å². The van der Waals surface area contributed by atoms with Crippen LogP contribution < -0.4 is 0 Å². The van der Waals surface area contributed by atoms with Gasteiger partial charge in [0.15, 0.2) is 6.10 Å². The molecule has 0 aliphatic rings. The number of ether oxygens (including phenoxy) is 3. The van der Waals surface area contributed by atoms with Gasteiger partial charge in [-0.2, -0.15) is 0 Å². The van der Waals surface area contributed by atoms with Gasteiger partial charge in [-0.3, -0.25) is 14.4 Å². The van der Waals surface area contributed by atoms with Gasteiger partial charge in [-0.1, -0.05) is 290 Å². The van der Waals surface area contributed by atoms with E-state index < -0.39 is 6.10 Å². The summed E-state index contributed by atoms with van der Waals surface area (Å²) < 4.78 is 16.9. The lowest BCUT2D eigenvalue weighted by Gasteiger charge is -2.18. The zero-order valence-electron chi connectivity index (χ0n) is 45.5. The Kier molecular flexibility index (Phi) is 55.2. The Bertz CT molecular complexity index is 1040. The molecule has 6 nitrogen and oxygen atoms in total. The van der Waals surface area contributed by atoms with E-state index in [1.165, 1.54) is 238 Å². The van der Waals surface area contributed by atoms with Crippen molar-refractivity contribution in [2.24, 2.45) is 0 Å². The van der Waals surface area contributed by atoms with Crippen LogP contribution in [0.4, 0.5) is 0 Å². The molecule has 0 amide bonds. The van der Waals surface area contributed by atoms with E-state index in [1.807, 2.05) is 0 Å². The minimum atomic E-state index is -0.768. The predicted molar refractivity (Wildman–Crippen MR) is 289 cm³/mol. The Hall–Kier alpha value is -1.85. The van der Waals surface area contributed by atoms with Crippen molar-refractivity contribution in [2.75, 3.05) is 13.2 Å². The Morgan fingerprint density at radius 1 is 0.284 bits per heavy atom. The van der Waals surface area contributed by atoms with E-state index in [0.29, 0.717) is 19.3 Å². The Morgan fingerprint density at radius 3 is 0.761 bits per heavy atom. The third-order valence-corrected chi connectivity index (χ3v) is 13.8. The van der Waals surface area contributed by atoms with Crippen LogP contribution in [0.25, 0.3) is 0 Å². The van der Waals surface area contributed by atoms with E-state index in [-0.39, 0.29) is 31.1 Å². The molecule has 0 aromatic heterocycles. The van der Waals surface area contributed by atoms with Crippen LogP contribution in [0.15, 0.2) is 12.2 Å². The maximum Gasteiger partial charge on any atom is 0.306 e. The molecule has 396 valence electrons. The summed E-state index contributed by atoms with van der Waals surface area (Å²) in [6, 6.07) is 0. The molecule has 0 bridgehead atoms. The number of unbranched alkanes of at least 4 members (excludes halogenated alkanes) is 43. The number of carbonyl (C=O) groups is 3. The van der Waals surface area contributed by atoms with E-state index in [2.05, 4.69) is 32.9 Å². The Morgan fingerprint density at radius 2 is 0.493 bits per heavy atom. The Balaban J connectivity index is 4.28. The average Bonchev–Trinajstić information content (AvgIpc) is 3.33. The van der Waals surface area contributed by atoms with Gasteiger partial charge in [0.25, 0.3) is 0 Å². The van der Waals surface area contributed by atoms with Crippen molar-refractivity contribution < 1.29 is 28.6 Å². The number of hydrogen-bond acceptors (Lipinski definition) is 6. The van der Waals surface area contributed by atoms with Crippen molar-refractivity contribution in [3.8, 4) is 0 Å². The fourth-order valence-corrected chi connectivity index (χ4v) is 9.21. The number of allylic oxidation sites excluding steroid dienone is 2. The Labute approximate surface area is 418 Å². The third kappa shape index (κ3) is 55.0. The number of rotatable bonds is 56. The first kappa shape index (κ1) is 65.1. The topological polar surface area (TPSA) is 78.9 Å². The summed E-state index contributed by atoms with van der Waals surface area (Å²) in [6.45, 7) is 6.69. The summed E-state index contributed by atoms with van der Waals surface area (Å²) in [5, 5.41) is 0. The quantitative estimate of drug-likeness (QED) is 0.0262. The second-order valence-electron chi connectivity index (χ2n) is 20.6. The van der Waals surface area contributed by atoms with E-state index >= 15 is 0 Å². The molecule has 0 heterocycles. The number of carbonyl (C=O) groups excluding carboxylic acids is 3. The molecule has 0 N–H and O–H groups in total. The maximum atomic E-state index is 12.9. The molecule has 0 fully saturated rings. The monoisotopic (exact) mass is 945 g/mol. The molecule has 0 unspecified atom stereocenters. The van der Waals surface area contributed by atoms with Gasteiger partial charge >= 0.3 is 17.9 Å². The van der Waals surface area contributed by atoms with E-state index in [4.69, 9.17) is 14.2 Å². The maximum absolute atomic E-state index is 12.9.